The van der Waals surface area contributed by atoms with Crippen LogP contribution in [-0.4, -0.2) is 36.7 Å². The van der Waals surface area contributed by atoms with E-state index >= 15 is 0 Å². The van der Waals surface area contributed by atoms with Gasteiger partial charge >= 0.3 is 0 Å². The summed E-state index contributed by atoms with van der Waals surface area (Å²) in [5.74, 6) is 8.47. The average molecular weight is 462 g/mol. The molecule has 0 spiro atoms. The Morgan fingerprint density at radius 1 is 0.697 bits per heavy atom. The lowest BCUT2D eigenvalue weighted by Crippen LogP contribution is -2.40. The van der Waals surface area contributed by atoms with Crippen LogP contribution in [0.4, 0.5) is 0 Å². The van der Waals surface area contributed by atoms with Crippen LogP contribution in [0.15, 0.2) is 0 Å². The summed E-state index contributed by atoms with van der Waals surface area (Å²) in [5, 5.41) is 0. The Morgan fingerprint density at radius 2 is 1.30 bits per heavy atom. The number of likely N-dealkylation sites (tertiary alicyclic amines) is 1. The Balaban J connectivity index is 2.39. The molecular weight excluding hydrogens is 402 g/mol. The first-order valence-electron chi connectivity index (χ1n) is 15.0. The zero-order valence-electron chi connectivity index (χ0n) is 23.3. The molecule has 0 bridgehead atoms. The quantitative estimate of drug-likeness (QED) is 0.140. The van der Waals surface area contributed by atoms with Crippen LogP contribution >= 0.6 is 0 Å². The molecule has 0 amide bonds. The first-order valence-corrected chi connectivity index (χ1v) is 15.0. The van der Waals surface area contributed by atoms with Crippen LogP contribution in [-0.2, 0) is 4.74 Å². The highest BCUT2D eigenvalue weighted by molar-refractivity contribution is 5.07. The highest BCUT2D eigenvalue weighted by atomic mass is 16.5. The lowest BCUT2D eigenvalue weighted by Gasteiger charge is -2.35. The van der Waals surface area contributed by atoms with E-state index in [4.69, 9.17) is 4.74 Å². The minimum atomic E-state index is 0.0763. The van der Waals surface area contributed by atoms with Crippen molar-refractivity contribution in [2.45, 2.75) is 156 Å². The third kappa shape index (κ3) is 15.9. The molecule has 194 valence electrons. The van der Waals surface area contributed by atoms with E-state index < -0.39 is 0 Å². The highest BCUT2D eigenvalue weighted by Crippen LogP contribution is 2.23. The van der Waals surface area contributed by atoms with Crippen LogP contribution < -0.4 is 0 Å². The van der Waals surface area contributed by atoms with Gasteiger partial charge in [0.05, 0.1) is 6.10 Å². The van der Waals surface area contributed by atoms with Gasteiger partial charge in [0, 0.05) is 25.6 Å². The normalized spacial score (nSPS) is 17.2. The molecule has 1 saturated heterocycles. The molecule has 1 fully saturated rings. The van der Waals surface area contributed by atoms with Gasteiger partial charge in [-0.25, -0.2) is 0 Å². The Labute approximate surface area is 209 Å². The number of rotatable bonds is 19. The van der Waals surface area contributed by atoms with Crippen molar-refractivity contribution in [1.29, 1.82) is 0 Å². The fourth-order valence-corrected chi connectivity index (χ4v) is 5.29. The minimum absolute atomic E-state index is 0.0763. The molecule has 1 aliphatic heterocycles. The smallest absolute Gasteiger partial charge is 0.115 e. The van der Waals surface area contributed by atoms with E-state index in [1.54, 1.807) is 0 Å². The Hall–Kier alpha value is -0.520. The van der Waals surface area contributed by atoms with Crippen LogP contribution in [0.5, 0.6) is 0 Å². The third-order valence-corrected chi connectivity index (χ3v) is 7.41. The first kappa shape index (κ1) is 30.5. The SMILES string of the molecule is CCCCCCC(CCCCCC)CN1CCC(O[C@@H](C)C#CC(CCC)CCCC)CC1. The summed E-state index contributed by atoms with van der Waals surface area (Å²) < 4.78 is 6.36. The summed E-state index contributed by atoms with van der Waals surface area (Å²) >= 11 is 0. The van der Waals surface area contributed by atoms with Gasteiger partial charge in [-0.2, -0.15) is 0 Å². The van der Waals surface area contributed by atoms with E-state index in [0.29, 0.717) is 12.0 Å². The van der Waals surface area contributed by atoms with Gasteiger partial charge < -0.3 is 9.64 Å². The second kappa shape index (κ2) is 20.8. The van der Waals surface area contributed by atoms with Crippen LogP contribution in [0.3, 0.4) is 0 Å². The Bertz CT molecular complexity index is 473. The van der Waals surface area contributed by atoms with Crippen LogP contribution in [0.25, 0.3) is 0 Å². The summed E-state index contributed by atoms with van der Waals surface area (Å²) in [7, 11) is 0. The summed E-state index contributed by atoms with van der Waals surface area (Å²) in [6.45, 7) is 15.1. The summed E-state index contributed by atoms with van der Waals surface area (Å²) in [5.41, 5.74) is 0. The largest absolute Gasteiger partial charge is 0.362 e. The van der Waals surface area contributed by atoms with Crippen molar-refractivity contribution >= 4 is 0 Å². The Morgan fingerprint density at radius 3 is 1.85 bits per heavy atom. The number of hydrogen-bond donors (Lipinski definition) is 0. The number of nitrogens with zero attached hydrogens (tertiary/aromatic N) is 1. The van der Waals surface area contributed by atoms with Crippen LogP contribution in [0, 0.1) is 23.7 Å². The van der Waals surface area contributed by atoms with Crippen molar-refractivity contribution in [2.24, 2.45) is 11.8 Å². The summed E-state index contributed by atoms with van der Waals surface area (Å²) in [4.78, 5) is 2.74. The maximum Gasteiger partial charge on any atom is 0.115 e. The van der Waals surface area contributed by atoms with E-state index in [0.717, 1.165) is 5.92 Å². The lowest BCUT2D eigenvalue weighted by atomic mass is 9.93. The van der Waals surface area contributed by atoms with E-state index in [9.17, 15) is 0 Å². The number of piperidine rings is 1. The van der Waals surface area contributed by atoms with Gasteiger partial charge in [0.15, 0.2) is 0 Å². The zero-order chi connectivity index (χ0) is 24.2. The monoisotopic (exact) mass is 461 g/mol. The fraction of sp³-hybridized carbons (Fsp3) is 0.935. The van der Waals surface area contributed by atoms with Gasteiger partial charge in [0.1, 0.15) is 6.10 Å². The van der Waals surface area contributed by atoms with E-state index in [2.05, 4.69) is 51.4 Å². The first-order chi connectivity index (χ1) is 16.1. The predicted molar refractivity (Wildman–Crippen MR) is 147 cm³/mol. The molecule has 0 aliphatic carbocycles. The summed E-state index contributed by atoms with van der Waals surface area (Å²) in [6.07, 6.45) is 23.2. The third-order valence-electron chi connectivity index (χ3n) is 7.41. The molecule has 0 radical (unpaired) electrons. The van der Waals surface area contributed by atoms with Crippen molar-refractivity contribution in [2.75, 3.05) is 19.6 Å². The van der Waals surface area contributed by atoms with Crippen molar-refractivity contribution in [3.05, 3.63) is 0 Å². The van der Waals surface area contributed by atoms with Crippen molar-refractivity contribution in [3.8, 4) is 11.8 Å². The van der Waals surface area contributed by atoms with E-state index in [1.807, 2.05) is 0 Å². The zero-order valence-corrected chi connectivity index (χ0v) is 23.3. The van der Waals surface area contributed by atoms with E-state index in [-0.39, 0.29) is 6.10 Å². The molecule has 33 heavy (non-hydrogen) atoms. The fourth-order valence-electron chi connectivity index (χ4n) is 5.29. The average Bonchev–Trinajstić information content (AvgIpc) is 2.82. The predicted octanol–water partition coefficient (Wildman–Crippen LogP) is 9.02. The molecule has 0 saturated carbocycles. The number of unbranched alkanes of at least 4 members (excludes halogenated alkanes) is 7. The maximum atomic E-state index is 6.36. The molecule has 0 aromatic heterocycles. The topological polar surface area (TPSA) is 12.5 Å². The van der Waals surface area contributed by atoms with E-state index in [1.165, 1.54) is 129 Å². The second-order valence-corrected chi connectivity index (χ2v) is 10.8. The molecule has 2 atom stereocenters. The van der Waals surface area contributed by atoms with Gasteiger partial charge in [-0.1, -0.05) is 110 Å². The highest BCUT2D eigenvalue weighted by Gasteiger charge is 2.23. The maximum absolute atomic E-state index is 6.36. The molecule has 0 N–H and O–H groups in total. The molecule has 1 rings (SSSR count). The van der Waals surface area contributed by atoms with Gasteiger partial charge in [-0.05, 0) is 51.4 Å². The molecule has 2 heteroatoms. The van der Waals surface area contributed by atoms with Gasteiger partial charge in [0.25, 0.3) is 0 Å². The van der Waals surface area contributed by atoms with Crippen molar-refractivity contribution in [1.82, 2.24) is 4.90 Å². The lowest BCUT2D eigenvalue weighted by molar-refractivity contribution is -0.0146. The van der Waals surface area contributed by atoms with Gasteiger partial charge in [-0.3, -0.25) is 0 Å². The molecular formula is C31H59NO. The summed E-state index contributed by atoms with van der Waals surface area (Å²) in [6, 6.07) is 0. The molecule has 0 aromatic rings. The molecule has 1 aliphatic rings. The standard InChI is InChI=1S/C31H59NO/c1-6-10-13-15-19-30(20-16-14-11-7-2)27-32-25-23-31(24-26-32)33-28(5)21-22-29(17-9-4)18-12-8-3/h28-31H,6-20,23-27H2,1-5H3/t28-,29?/m0/s1. The minimum Gasteiger partial charge on any atom is -0.362 e. The van der Waals surface area contributed by atoms with Crippen LogP contribution in [0.1, 0.15) is 144 Å². The number of ether oxygens (including phenoxy) is 1. The molecule has 0 aromatic carbocycles. The number of hydrogen-bond acceptors (Lipinski definition) is 2. The molecule has 1 heterocycles. The van der Waals surface area contributed by atoms with Gasteiger partial charge in [-0.15, -0.1) is 0 Å². The molecule has 1 unspecified atom stereocenters. The van der Waals surface area contributed by atoms with Crippen LogP contribution in [0.2, 0.25) is 0 Å². The van der Waals surface area contributed by atoms with Crippen molar-refractivity contribution < 1.29 is 4.74 Å². The van der Waals surface area contributed by atoms with Crippen molar-refractivity contribution in [3.63, 3.8) is 0 Å². The Kier molecular flexibility index (Phi) is 19.2. The second-order valence-electron chi connectivity index (χ2n) is 10.8. The molecule has 2 nitrogen and oxygen atoms in total. The van der Waals surface area contributed by atoms with Gasteiger partial charge in [0.2, 0.25) is 0 Å².